The molecule has 0 radical (unpaired) electrons. The molecule has 1 aliphatic heterocycles. The number of aryl methyl sites for hydroxylation is 2. The number of sulfonamides is 1. The molecule has 3 aromatic rings. The maximum absolute atomic E-state index is 13.7. The average Bonchev–Trinajstić information content (AvgIpc) is 3.45. The summed E-state index contributed by atoms with van der Waals surface area (Å²) in [5.41, 5.74) is 3.24. The molecule has 0 spiro atoms. The van der Waals surface area contributed by atoms with Gasteiger partial charge in [-0.3, -0.25) is 9.59 Å². The van der Waals surface area contributed by atoms with E-state index in [1.165, 1.54) is 40.3 Å². The maximum Gasteiger partial charge on any atom is 0.281 e. The molecule has 1 amide bonds. The van der Waals surface area contributed by atoms with Crippen LogP contribution >= 0.6 is 11.3 Å². The van der Waals surface area contributed by atoms with E-state index in [4.69, 9.17) is 0 Å². The van der Waals surface area contributed by atoms with Gasteiger partial charge >= 0.3 is 0 Å². The predicted octanol–water partition coefficient (Wildman–Crippen LogP) is 5.08. The number of hydrogen-bond donors (Lipinski definition) is 1. The van der Waals surface area contributed by atoms with Crippen molar-refractivity contribution in [1.82, 2.24) is 19.0 Å². The quantitative estimate of drug-likeness (QED) is 0.337. The molecule has 40 heavy (non-hydrogen) atoms. The fourth-order valence-electron chi connectivity index (χ4n) is 4.91. The van der Waals surface area contributed by atoms with Gasteiger partial charge in [0.15, 0.2) is 0 Å². The highest BCUT2D eigenvalue weighted by molar-refractivity contribution is 7.89. The Kier molecular flexibility index (Phi) is 9.60. The van der Waals surface area contributed by atoms with Gasteiger partial charge in [0.05, 0.1) is 16.2 Å². The summed E-state index contributed by atoms with van der Waals surface area (Å²) in [6, 6.07) is 7.90. The fourth-order valence-corrected chi connectivity index (χ4v) is 7.74. The average molecular weight is 586 g/mol. The lowest BCUT2D eigenvalue weighted by Gasteiger charge is -2.22. The first-order valence-corrected chi connectivity index (χ1v) is 16.1. The highest BCUT2D eigenvalue weighted by Crippen LogP contribution is 2.38. The number of nitrogens with one attached hydrogen (secondary N) is 1. The van der Waals surface area contributed by atoms with E-state index in [0.29, 0.717) is 42.2 Å². The third kappa shape index (κ3) is 6.38. The second-order valence-electron chi connectivity index (χ2n) is 10.4. The van der Waals surface area contributed by atoms with E-state index < -0.39 is 15.9 Å². The van der Waals surface area contributed by atoms with Crippen LogP contribution in [0.1, 0.15) is 82.1 Å². The second kappa shape index (κ2) is 12.8. The molecule has 1 N–H and O–H groups in total. The molecule has 1 aliphatic rings. The van der Waals surface area contributed by atoms with Crippen LogP contribution in [-0.2, 0) is 23.0 Å². The summed E-state index contributed by atoms with van der Waals surface area (Å²) in [4.78, 5) is 30.4. The van der Waals surface area contributed by atoms with Crippen molar-refractivity contribution in [3.8, 4) is 0 Å². The second-order valence-corrected chi connectivity index (χ2v) is 13.5. The number of hydrogen-bond acceptors (Lipinski definition) is 7. The summed E-state index contributed by atoms with van der Waals surface area (Å²) in [7, 11) is -1.63. The van der Waals surface area contributed by atoms with E-state index >= 15 is 0 Å². The number of unbranched alkanes of at least 4 members (excludes halogenated alkanes) is 2. The highest BCUT2D eigenvalue weighted by Gasteiger charge is 2.30. The molecule has 9 nitrogen and oxygen atoms in total. The SMILES string of the molecule is CCCCN(CCCC)S(=O)(=O)c1ccc(C(=O)Nc2sc3c(c2C(=O)n2nc(C)cc2C)CCN(C)C3)cc1. The summed E-state index contributed by atoms with van der Waals surface area (Å²) in [5.74, 6) is -0.657. The van der Waals surface area contributed by atoms with E-state index in [2.05, 4.69) is 15.3 Å². The number of fused-ring (bicyclic) bond motifs is 1. The van der Waals surface area contributed by atoms with E-state index in [-0.39, 0.29) is 10.8 Å². The summed E-state index contributed by atoms with van der Waals surface area (Å²) in [5, 5.41) is 7.82. The molecule has 0 saturated carbocycles. The molecule has 0 fully saturated rings. The molecule has 216 valence electrons. The minimum Gasteiger partial charge on any atom is -0.313 e. The van der Waals surface area contributed by atoms with Gasteiger partial charge in [0.25, 0.3) is 11.8 Å². The van der Waals surface area contributed by atoms with Crippen LogP contribution < -0.4 is 5.32 Å². The van der Waals surface area contributed by atoms with Crippen LogP contribution in [0.4, 0.5) is 5.00 Å². The minimum atomic E-state index is -3.66. The van der Waals surface area contributed by atoms with Crippen molar-refractivity contribution in [2.45, 2.75) is 71.2 Å². The number of nitrogens with zero attached hydrogens (tertiary/aromatic N) is 4. The first-order chi connectivity index (χ1) is 19.1. The highest BCUT2D eigenvalue weighted by atomic mass is 32.2. The van der Waals surface area contributed by atoms with Crippen molar-refractivity contribution in [2.24, 2.45) is 0 Å². The first kappa shape index (κ1) is 30.1. The molecule has 0 saturated heterocycles. The van der Waals surface area contributed by atoms with Gasteiger partial charge in [0.2, 0.25) is 10.0 Å². The lowest BCUT2D eigenvalue weighted by molar-refractivity contribution is 0.0942. The molecule has 11 heteroatoms. The molecule has 1 aromatic carbocycles. The number of amides is 1. The zero-order valence-corrected chi connectivity index (χ0v) is 25.6. The Morgan fingerprint density at radius 2 is 1.73 bits per heavy atom. The number of likely N-dealkylation sites (N-methyl/N-ethyl adjacent to an activating group) is 1. The standard InChI is InChI=1S/C29H39N5O4S2/c1-6-8-15-33(16-9-7-2)40(37,38)23-12-10-22(11-13-23)27(35)30-28-26(24-14-17-32(5)19-25(24)39-28)29(36)34-21(4)18-20(3)31-34/h10-13,18H,6-9,14-17,19H2,1-5H3,(H,30,35). The number of carbonyl (C=O) groups excluding carboxylic acids is 2. The van der Waals surface area contributed by atoms with Gasteiger partial charge in [0.1, 0.15) is 5.00 Å². The maximum atomic E-state index is 13.7. The van der Waals surface area contributed by atoms with Gasteiger partial charge in [-0.15, -0.1) is 11.3 Å². The minimum absolute atomic E-state index is 0.172. The van der Waals surface area contributed by atoms with Crippen molar-refractivity contribution < 1.29 is 18.0 Å². The number of rotatable bonds is 11. The Morgan fingerprint density at radius 3 is 2.30 bits per heavy atom. The van der Waals surface area contributed by atoms with E-state index in [1.807, 2.05) is 40.8 Å². The summed E-state index contributed by atoms with van der Waals surface area (Å²) in [6.07, 6.45) is 4.11. The zero-order chi connectivity index (χ0) is 29.0. The van der Waals surface area contributed by atoms with Gasteiger partial charge in [-0.05, 0) is 76.1 Å². The van der Waals surface area contributed by atoms with Crippen molar-refractivity contribution in [1.29, 1.82) is 0 Å². The summed E-state index contributed by atoms with van der Waals surface area (Å²) >= 11 is 1.41. The Bertz CT molecular complexity index is 1470. The molecular weight excluding hydrogens is 546 g/mol. The normalized spacial score (nSPS) is 13.9. The van der Waals surface area contributed by atoms with Crippen LogP contribution in [0.3, 0.4) is 0 Å². The smallest absolute Gasteiger partial charge is 0.281 e. The third-order valence-corrected chi connectivity index (χ3v) is 10.2. The molecule has 3 heterocycles. The molecule has 0 aliphatic carbocycles. The van der Waals surface area contributed by atoms with Crippen LogP contribution in [0.5, 0.6) is 0 Å². The lowest BCUT2D eigenvalue weighted by atomic mass is 10.0. The summed E-state index contributed by atoms with van der Waals surface area (Å²) < 4.78 is 29.6. The Hall–Kier alpha value is -2.86. The number of anilines is 1. The molecule has 0 bridgehead atoms. The molecule has 0 atom stereocenters. The number of carbonyl (C=O) groups is 2. The van der Waals surface area contributed by atoms with Crippen molar-refractivity contribution >= 4 is 38.2 Å². The van der Waals surface area contributed by atoms with Crippen molar-refractivity contribution in [3.63, 3.8) is 0 Å². The van der Waals surface area contributed by atoms with Gasteiger partial charge < -0.3 is 10.2 Å². The van der Waals surface area contributed by atoms with Crippen LogP contribution in [0, 0.1) is 13.8 Å². The number of aromatic nitrogens is 2. The van der Waals surface area contributed by atoms with Crippen molar-refractivity contribution in [3.05, 3.63) is 63.3 Å². The van der Waals surface area contributed by atoms with Gasteiger partial charge in [-0.2, -0.15) is 9.40 Å². The largest absolute Gasteiger partial charge is 0.313 e. The van der Waals surface area contributed by atoms with E-state index in [9.17, 15) is 18.0 Å². The number of benzene rings is 1. The van der Waals surface area contributed by atoms with Gasteiger partial charge in [0, 0.05) is 42.3 Å². The lowest BCUT2D eigenvalue weighted by Crippen LogP contribution is -2.33. The van der Waals surface area contributed by atoms with Crippen LogP contribution in [-0.4, -0.2) is 65.9 Å². The Balaban J connectivity index is 1.60. The monoisotopic (exact) mass is 585 g/mol. The molecule has 0 unspecified atom stereocenters. The van der Waals surface area contributed by atoms with Crippen LogP contribution in [0.25, 0.3) is 0 Å². The molecular formula is C29H39N5O4S2. The van der Waals surface area contributed by atoms with E-state index in [1.54, 1.807) is 4.31 Å². The number of thiophene rings is 1. The molecule has 2 aromatic heterocycles. The zero-order valence-electron chi connectivity index (χ0n) is 24.0. The predicted molar refractivity (Wildman–Crippen MR) is 159 cm³/mol. The Labute approximate surface area is 241 Å². The summed E-state index contributed by atoms with van der Waals surface area (Å²) in [6.45, 7) is 10.2. The molecule has 4 rings (SSSR count). The fraction of sp³-hybridized carbons (Fsp3) is 0.483. The van der Waals surface area contributed by atoms with Gasteiger partial charge in [-0.25, -0.2) is 13.1 Å². The topological polar surface area (TPSA) is 105 Å². The van der Waals surface area contributed by atoms with E-state index in [0.717, 1.165) is 54.1 Å². The third-order valence-electron chi connectivity index (χ3n) is 7.17. The van der Waals surface area contributed by atoms with Gasteiger partial charge in [-0.1, -0.05) is 26.7 Å². The Morgan fingerprint density at radius 1 is 1.07 bits per heavy atom. The first-order valence-electron chi connectivity index (χ1n) is 13.9. The van der Waals surface area contributed by atoms with Crippen LogP contribution in [0.2, 0.25) is 0 Å². The van der Waals surface area contributed by atoms with Crippen LogP contribution in [0.15, 0.2) is 35.2 Å². The van der Waals surface area contributed by atoms with Crippen molar-refractivity contribution in [2.75, 3.05) is 32.0 Å².